The van der Waals surface area contributed by atoms with Crippen molar-refractivity contribution >= 4 is 33.6 Å². The summed E-state index contributed by atoms with van der Waals surface area (Å²) in [6.07, 6.45) is 1.72. The lowest BCUT2D eigenvalue weighted by atomic mass is 10.0. The molecule has 2 saturated heterocycles. The number of carbonyl (C=O) groups is 2. The zero-order valence-corrected chi connectivity index (χ0v) is 19.7. The van der Waals surface area contributed by atoms with Crippen molar-refractivity contribution in [3.63, 3.8) is 0 Å². The van der Waals surface area contributed by atoms with Gasteiger partial charge in [0, 0.05) is 29.9 Å². The third-order valence-electron chi connectivity index (χ3n) is 5.43. The van der Waals surface area contributed by atoms with Crippen LogP contribution >= 0.6 is 11.8 Å². The van der Waals surface area contributed by atoms with Crippen LogP contribution in [0.15, 0.2) is 29.2 Å². The first kappa shape index (κ1) is 23.1. The molecule has 1 aromatic carbocycles. The van der Waals surface area contributed by atoms with Crippen molar-refractivity contribution in [3.05, 3.63) is 29.8 Å². The van der Waals surface area contributed by atoms with Crippen molar-refractivity contribution < 1.29 is 18.0 Å². The lowest BCUT2D eigenvalue weighted by Gasteiger charge is -2.29. The van der Waals surface area contributed by atoms with Gasteiger partial charge >= 0.3 is 0 Å². The van der Waals surface area contributed by atoms with Gasteiger partial charge in [0.2, 0.25) is 15.9 Å². The Bertz CT molecular complexity index is 886. The van der Waals surface area contributed by atoms with E-state index in [9.17, 15) is 18.0 Å². The van der Waals surface area contributed by atoms with Gasteiger partial charge in [0.15, 0.2) is 0 Å². The fraction of sp³-hybridized carbons (Fsp3) is 0.619. The highest BCUT2D eigenvalue weighted by Gasteiger charge is 2.36. The molecule has 0 radical (unpaired) electrons. The Morgan fingerprint density at radius 2 is 1.70 bits per heavy atom. The van der Waals surface area contributed by atoms with Crippen LogP contribution in [0, 0.1) is 5.92 Å². The number of carbonyl (C=O) groups excluding carboxylic acids is 2. The van der Waals surface area contributed by atoms with Crippen LogP contribution in [0.5, 0.6) is 0 Å². The zero-order chi connectivity index (χ0) is 22.1. The molecule has 2 aliphatic heterocycles. The highest BCUT2D eigenvalue weighted by atomic mass is 32.2. The van der Waals surface area contributed by atoms with Gasteiger partial charge in [-0.15, -0.1) is 11.8 Å². The van der Waals surface area contributed by atoms with E-state index in [2.05, 4.69) is 12.2 Å². The molecule has 1 unspecified atom stereocenters. The van der Waals surface area contributed by atoms with Gasteiger partial charge in [0.05, 0.1) is 10.8 Å². The molecule has 0 aliphatic carbocycles. The monoisotopic (exact) mass is 453 g/mol. The van der Waals surface area contributed by atoms with E-state index >= 15 is 0 Å². The molecule has 0 spiro atoms. The van der Waals surface area contributed by atoms with Crippen molar-refractivity contribution in [2.24, 2.45) is 5.92 Å². The standard InChI is InChI=1S/C21H31N3O4S2/c1-15-9-11-23(12-10-15)30(27,28)17-7-5-16(6-8-17)20(26)24-14-29-13-18(24)19(25)22-21(2,3)4/h5-8,15,18H,9-14H2,1-4H3,(H,22,25). The van der Waals surface area contributed by atoms with Crippen LogP contribution in [0.3, 0.4) is 0 Å². The van der Waals surface area contributed by atoms with Crippen molar-refractivity contribution in [1.82, 2.24) is 14.5 Å². The average Bonchev–Trinajstić information content (AvgIpc) is 3.16. The molecule has 0 bridgehead atoms. The van der Waals surface area contributed by atoms with Crippen LogP contribution in [0.1, 0.15) is 50.9 Å². The van der Waals surface area contributed by atoms with Crippen LogP contribution in [0.4, 0.5) is 0 Å². The molecule has 30 heavy (non-hydrogen) atoms. The molecule has 0 saturated carbocycles. The Labute approximate surface area is 183 Å². The molecule has 166 valence electrons. The quantitative estimate of drug-likeness (QED) is 0.757. The van der Waals surface area contributed by atoms with E-state index in [-0.39, 0.29) is 22.2 Å². The van der Waals surface area contributed by atoms with Gasteiger partial charge in [-0.3, -0.25) is 9.59 Å². The Hall–Kier alpha value is -1.58. The molecule has 7 nitrogen and oxygen atoms in total. The second-order valence-electron chi connectivity index (χ2n) is 9.14. The van der Waals surface area contributed by atoms with E-state index in [4.69, 9.17) is 0 Å². The van der Waals surface area contributed by atoms with Crippen LogP contribution in [-0.4, -0.2) is 65.7 Å². The second-order valence-corrected chi connectivity index (χ2v) is 12.1. The molecule has 1 atom stereocenters. The summed E-state index contributed by atoms with van der Waals surface area (Å²) in [5.74, 6) is 1.10. The first-order chi connectivity index (χ1) is 14.0. The number of piperidine rings is 1. The lowest BCUT2D eigenvalue weighted by molar-refractivity contribution is -0.125. The van der Waals surface area contributed by atoms with E-state index in [1.807, 2.05) is 20.8 Å². The summed E-state index contributed by atoms with van der Waals surface area (Å²) < 4.78 is 27.3. The van der Waals surface area contributed by atoms with E-state index in [0.717, 1.165) is 12.8 Å². The van der Waals surface area contributed by atoms with E-state index < -0.39 is 16.1 Å². The van der Waals surface area contributed by atoms with Gasteiger partial charge in [0.25, 0.3) is 5.91 Å². The first-order valence-electron chi connectivity index (χ1n) is 10.3. The average molecular weight is 454 g/mol. The minimum atomic E-state index is -3.55. The van der Waals surface area contributed by atoms with Gasteiger partial charge < -0.3 is 10.2 Å². The third-order valence-corrected chi connectivity index (χ3v) is 8.35. The van der Waals surface area contributed by atoms with E-state index in [0.29, 0.717) is 36.2 Å². The number of hydrogen-bond acceptors (Lipinski definition) is 5. The SMILES string of the molecule is CC1CCN(S(=O)(=O)c2ccc(C(=O)N3CSCC3C(=O)NC(C)(C)C)cc2)CC1. The molecule has 2 aliphatic rings. The Morgan fingerprint density at radius 3 is 2.27 bits per heavy atom. The van der Waals surface area contributed by atoms with Crippen LogP contribution in [0.25, 0.3) is 0 Å². The number of nitrogens with zero attached hydrogens (tertiary/aromatic N) is 2. The summed E-state index contributed by atoms with van der Waals surface area (Å²) in [5.41, 5.74) is 0.0127. The fourth-order valence-electron chi connectivity index (χ4n) is 3.62. The number of benzene rings is 1. The zero-order valence-electron chi connectivity index (χ0n) is 18.1. The summed E-state index contributed by atoms with van der Waals surface area (Å²) >= 11 is 1.54. The van der Waals surface area contributed by atoms with Crippen molar-refractivity contribution in [3.8, 4) is 0 Å². The van der Waals surface area contributed by atoms with Crippen LogP contribution in [-0.2, 0) is 14.8 Å². The largest absolute Gasteiger partial charge is 0.350 e. The Morgan fingerprint density at radius 1 is 1.10 bits per heavy atom. The highest BCUT2D eigenvalue weighted by molar-refractivity contribution is 7.99. The third kappa shape index (κ3) is 5.18. The molecule has 1 aromatic rings. The maximum absolute atomic E-state index is 13.0. The van der Waals surface area contributed by atoms with Gasteiger partial charge in [-0.05, 0) is 63.8 Å². The van der Waals surface area contributed by atoms with Gasteiger partial charge in [-0.1, -0.05) is 6.92 Å². The van der Waals surface area contributed by atoms with Crippen molar-refractivity contribution in [2.45, 2.75) is 57.0 Å². The molecule has 2 amide bonds. The normalized spacial score (nSPS) is 21.6. The second kappa shape index (κ2) is 8.88. The summed E-state index contributed by atoms with van der Waals surface area (Å²) in [5, 5.41) is 2.93. The lowest BCUT2D eigenvalue weighted by Crippen LogP contribution is -2.52. The topological polar surface area (TPSA) is 86.8 Å². The minimum Gasteiger partial charge on any atom is -0.350 e. The van der Waals surface area contributed by atoms with E-state index in [1.165, 1.54) is 28.2 Å². The molecule has 1 N–H and O–H groups in total. The summed E-state index contributed by atoms with van der Waals surface area (Å²) in [6, 6.07) is 5.55. The van der Waals surface area contributed by atoms with Crippen LogP contribution < -0.4 is 5.32 Å². The molecule has 2 heterocycles. The number of sulfonamides is 1. The number of hydrogen-bond donors (Lipinski definition) is 1. The Balaban J connectivity index is 1.72. The number of thioether (sulfide) groups is 1. The number of amides is 2. The fourth-order valence-corrected chi connectivity index (χ4v) is 6.25. The smallest absolute Gasteiger partial charge is 0.255 e. The minimum absolute atomic E-state index is 0.167. The van der Waals surface area contributed by atoms with Crippen molar-refractivity contribution in [1.29, 1.82) is 0 Å². The summed E-state index contributed by atoms with van der Waals surface area (Å²) in [4.78, 5) is 27.3. The highest BCUT2D eigenvalue weighted by Crippen LogP contribution is 2.26. The first-order valence-corrected chi connectivity index (χ1v) is 12.9. The predicted octanol–water partition coefficient (Wildman–Crippen LogP) is 2.54. The molecule has 2 fully saturated rings. The summed E-state index contributed by atoms with van der Waals surface area (Å²) in [7, 11) is -3.55. The summed E-state index contributed by atoms with van der Waals surface area (Å²) in [6.45, 7) is 8.90. The van der Waals surface area contributed by atoms with Gasteiger partial charge in [0.1, 0.15) is 6.04 Å². The van der Waals surface area contributed by atoms with E-state index in [1.54, 1.807) is 17.0 Å². The number of nitrogens with one attached hydrogen (secondary N) is 1. The molecule has 0 aromatic heterocycles. The molecular formula is C21H31N3O4S2. The van der Waals surface area contributed by atoms with Gasteiger partial charge in [-0.25, -0.2) is 8.42 Å². The molecular weight excluding hydrogens is 422 g/mol. The number of rotatable bonds is 4. The predicted molar refractivity (Wildman–Crippen MR) is 119 cm³/mol. The van der Waals surface area contributed by atoms with Crippen LogP contribution in [0.2, 0.25) is 0 Å². The Kier molecular flexibility index (Phi) is 6.84. The van der Waals surface area contributed by atoms with Crippen molar-refractivity contribution in [2.75, 3.05) is 24.7 Å². The molecule has 9 heteroatoms. The maximum Gasteiger partial charge on any atom is 0.255 e. The van der Waals surface area contributed by atoms with Gasteiger partial charge in [-0.2, -0.15) is 4.31 Å². The maximum atomic E-state index is 13.0. The molecule has 3 rings (SSSR count).